The predicted octanol–water partition coefficient (Wildman–Crippen LogP) is 5.41. The highest BCUT2D eigenvalue weighted by molar-refractivity contribution is 5.73. The molecule has 5 aliphatic carbocycles. The number of allylic oxidation sites excluding steroid dienone is 4. The Morgan fingerprint density at radius 2 is 2.04 bits per heavy atom. The van der Waals surface area contributed by atoms with Gasteiger partial charge in [-0.3, -0.25) is 4.79 Å². The number of ether oxygens (including phenoxy) is 2. The maximum Gasteiger partial charge on any atom is 0.306 e. The van der Waals surface area contributed by atoms with Crippen molar-refractivity contribution in [3.63, 3.8) is 0 Å². The van der Waals surface area contributed by atoms with E-state index in [9.17, 15) is 4.79 Å². The van der Waals surface area contributed by atoms with Crippen LogP contribution in [0, 0.1) is 40.9 Å². The zero-order valence-corrected chi connectivity index (χ0v) is 17.4. The Balaban J connectivity index is 1.35. The molecule has 0 N–H and O–H groups in total. The third-order valence-electron chi connectivity index (χ3n) is 9.87. The molecule has 1 heterocycles. The van der Waals surface area contributed by atoms with Crippen LogP contribution in [0.15, 0.2) is 23.5 Å². The second-order valence-corrected chi connectivity index (χ2v) is 10.4. The van der Waals surface area contributed by atoms with Crippen molar-refractivity contribution in [2.45, 2.75) is 77.2 Å². The summed E-state index contributed by atoms with van der Waals surface area (Å²) in [5, 5.41) is 0. The van der Waals surface area contributed by atoms with Crippen molar-refractivity contribution in [1.82, 2.24) is 0 Å². The van der Waals surface area contributed by atoms with Crippen LogP contribution in [0.2, 0.25) is 0 Å². The zero-order chi connectivity index (χ0) is 19.1. The zero-order valence-electron chi connectivity index (χ0n) is 17.4. The van der Waals surface area contributed by atoms with Crippen molar-refractivity contribution in [2.75, 3.05) is 6.61 Å². The summed E-state index contributed by atoms with van der Waals surface area (Å²) in [5.41, 5.74) is 1.73. The first-order valence-electron chi connectivity index (χ1n) is 11.9. The molecule has 0 amide bonds. The summed E-state index contributed by atoms with van der Waals surface area (Å²) in [6.07, 6.45) is 15.3. The van der Waals surface area contributed by atoms with E-state index in [0.29, 0.717) is 12.3 Å². The lowest BCUT2D eigenvalue weighted by atomic mass is 9.48. The van der Waals surface area contributed by atoms with Gasteiger partial charge >= 0.3 is 5.97 Å². The lowest BCUT2D eigenvalue weighted by Crippen LogP contribution is -2.56. The number of carbonyl (C=O) groups is 1. The van der Waals surface area contributed by atoms with Gasteiger partial charge in [0, 0.05) is 24.2 Å². The summed E-state index contributed by atoms with van der Waals surface area (Å²) in [7, 11) is 0. The van der Waals surface area contributed by atoms with Gasteiger partial charge in [-0.25, -0.2) is 0 Å². The molecule has 0 radical (unpaired) electrons. The maximum absolute atomic E-state index is 12.2. The van der Waals surface area contributed by atoms with E-state index in [4.69, 9.17) is 9.47 Å². The van der Waals surface area contributed by atoms with E-state index in [1.165, 1.54) is 44.3 Å². The van der Waals surface area contributed by atoms with Crippen LogP contribution in [-0.2, 0) is 14.3 Å². The van der Waals surface area contributed by atoms with Crippen LogP contribution in [0.5, 0.6) is 0 Å². The second kappa shape index (κ2) is 5.89. The minimum absolute atomic E-state index is 0.0768. The van der Waals surface area contributed by atoms with Gasteiger partial charge in [-0.1, -0.05) is 13.0 Å². The highest BCUT2D eigenvalue weighted by Crippen LogP contribution is 2.79. The van der Waals surface area contributed by atoms with E-state index < -0.39 is 0 Å². The topological polar surface area (TPSA) is 35.5 Å². The number of fused-ring (bicyclic) bond motifs is 9. The molecule has 8 atom stereocenters. The Hall–Kier alpha value is -1.25. The molecule has 3 saturated carbocycles. The quantitative estimate of drug-likeness (QED) is 0.612. The van der Waals surface area contributed by atoms with Crippen molar-refractivity contribution in [3.8, 4) is 0 Å². The molecule has 3 heteroatoms. The van der Waals surface area contributed by atoms with Gasteiger partial charge in [0.2, 0.25) is 0 Å². The molecule has 4 fully saturated rings. The van der Waals surface area contributed by atoms with Crippen molar-refractivity contribution >= 4 is 5.97 Å². The Morgan fingerprint density at radius 3 is 2.79 bits per heavy atom. The molecule has 6 aliphatic rings. The molecule has 0 aromatic carbocycles. The summed E-state index contributed by atoms with van der Waals surface area (Å²) in [5.74, 6) is 5.92. The molecule has 0 aromatic rings. The van der Waals surface area contributed by atoms with Gasteiger partial charge in [-0.15, -0.1) is 0 Å². The molecule has 1 spiro atoms. The number of hydrogen-bond donors (Lipinski definition) is 0. The Bertz CT molecular complexity index is 766. The van der Waals surface area contributed by atoms with Crippen LogP contribution in [0.25, 0.3) is 0 Å². The SMILES string of the molecule is CCOC1=CC2=CCC3C(CC[C@@]4(CC)C3[C@@H]3C[C@@H]3[C@@]43CCC(=O)O3)[C@H]2CC1. The first kappa shape index (κ1) is 17.6. The average Bonchev–Trinajstić information content (AvgIpc) is 3.35. The van der Waals surface area contributed by atoms with Gasteiger partial charge in [-0.2, -0.15) is 0 Å². The van der Waals surface area contributed by atoms with Gasteiger partial charge in [0.1, 0.15) is 5.60 Å². The van der Waals surface area contributed by atoms with Crippen LogP contribution in [0.3, 0.4) is 0 Å². The summed E-state index contributed by atoms with van der Waals surface area (Å²) in [6, 6.07) is 0. The molecule has 28 heavy (non-hydrogen) atoms. The Kier molecular flexibility index (Phi) is 3.70. The number of esters is 1. The molecule has 0 bridgehead atoms. The largest absolute Gasteiger partial charge is 0.498 e. The van der Waals surface area contributed by atoms with Gasteiger partial charge in [-0.05, 0) is 93.1 Å². The monoisotopic (exact) mass is 382 g/mol. The van der Waals surface area contributed by atoms with Crippen LogP contribution >= 0.6 is 0 Å². The van der Waals surface area contributed by atoms with Crippen LogP contribution in [0.1, 0.15) is 71.6 Å². The first-order valence-corrected chi connectivity index (χ1v) is 11.9. The molecule has 1 saturated heterocycles. The normalized spacial score (nSPS) is 50.7. The van der Waals surface area contributed by atoms with Gasteiger partial charge in [0.15, 0.2) is 0 Å². The van der Waals surface area contributed by atoms with E-state index in [-0.39, 0.29) is 17.0 Å². The number of hydrogen-bond acceptors (Lipinski definition) is 3. The van der Waals surface area contributed by atoms with Crippen molar-refractivity contribution < 1.29 is 14.3 Å². The second-order valence-electron chi connectivity index (χ2n) is 10.4. The smallest absolute Gasteiger partial charge is 0.306 e. The van der Waals surface area contributed by atoms with Crippen molar-refractivity contribution in [3.05, 3.63) is 23.5 Å². The van der Waals surface area contributed by atoms with E-state index in [0.717, 1.165) is 49.0 Å². The molecule has 0 aromatic heterocycles. The highest BCUT2D eigenvalue weighted by Gasteiger charge is 2.79. The summed E-state index contributed by atoms with van der Waals surface area (Å²) in [4.78, 5) is 12.2. The maximum atomic E-state index is 12.2. The standard InChI is InChI=1S/C25H34O3/c1-3-24-11-9-18-17-8-6-16(27-4-2)13-15(17)5-7-19(18)23(24)20-14-21(20)25(24)12-10-22(26)28-25/h5,13,17-21,23H,3-4,6-12,14H2,1-2H3/t17-,18?,19?,20+,21-,23?,24-,25-/m0/s1. The molecule has 1 aliphatic heterocycles. The highest BCUT2D eigenvalue weighted by atomic mass is 16.6. The summed E-state index contributed by atoms with van der Waals surface area (Å²) in [6.45, 7) is 5.25. The fourth-order valence-electron chi connectivity index (χ4n) is 9.03. The van der Waals surface area contributed by atoms with E-state index in [2.05, 4.69) is 26.0 Å². The average molecular weight is 383 g/mol. The summed E-state index contributed by atoms with van der Waals surface area (Å²) < 4.78 is 12.1. The number of carbonyl (C=O) groups excluding carboxylic acids is 1. The summed E-state index contributed by atoms with van der Waals surface area (Å²) >= 11 is 0. The van der Waals surface area contributed by atoms with Crippen LogP contribution < -0.4 is 0 Å². The molecule has 3 nitrogen and oxygen atoms in total. The predicted molar refractivity (Wildman–Crippen MR) is 107 cm³/mol. The first-order chi connectivity index (χ1) is 13.6. The van der Waals surface area contributed by atoms with Gasteiger partial charge in [0.05, 0.1) is 12.4 Å². The van der Waals surface area contributed by atoms with E-state index in [1.807, 2.05) is 0 Å². The van der Waals surface area contributed by atoms with Gasteiger partial charge < -0.3 is 9.47 Å². The fraction of sp³-hybridized carbons (Fsp3) is 0.800. The van der Waals surface area contributed by atoms with Gasteiger partial charge in [0.25, 0.3) is 0 Å². The van der Waals surface area contributed by atoms with E-state index in [1.54, 1.807) is 5.57 Å². The van der Waals surface area contributed by atoms with Crippen LogP contribution in [0.4, 0.5) is 0 Å². The van der Waals surface area contributed by atoms with Crippen molar-refractivity contribution in [1.29, 1.82) is 0 Å². The fourth-order valence-corrected chi connectivity index (χ4v) is 9.03. The Labute approximate surface area is 168 Å². The molecule has 3 unspecified atom stereocenters. The molecule has 152 valence electrons. The molecular formula is C25H34O3. The van der Waals surface area contributed by atoms with E-state index >= 15 is 0 Å². The lowest BCUT2D eigenvalue weighted by molar-refractivity contribution is -0.178. The lowest BCUT2D eigenvalue weighted by Gasteiger charge is -2.57. The van der Waals surface area contributed by atoms with Crippen molar-refractivity contribution in [2.24, 2.45) is 40.9 Å². The minimum Gasteiger partial charge on any atom is -0.498 e. The third-order valence-corrected chi connectivity index (χ3v) is 9.87. The molecular weight excluding hydrogens is 348 g/mol. The third kappa shape index (κ3) is 2.04. The number of rotatable bonds is 3. The minimum atomic E-state index is -0.0995. The molecule has 6 rings (SSSR count). The van der Waals surface area contributed by atoms with Crippen LogP contribution in [-0.4, -0.2) is 18.2 Å². The Morgan fingerprint density at radius 1 is 1.14 bits per heavy atom.